The number of nitro groups is 1. The number of aliphatic imine (C=N–C) groups is 1. The maximum atomic E-state index is 10.9. The summed E-state index contributed by atoms with van der Waals surface area (Å²) in [6.45, 7) is 0. The third-order valence-corrected chi connectivity index (χ3v) is 1.45. The van der Waals surface area contributed by atoms with Gasteiger partial charge in [0.15, 0.2) is 5.76 Å². The third kappa shape index (κ3) is 3.71. The van der Waals surface area contributed by atoms with Crippen molar-refractivity contribution in [1.82, 2.24) is 10.7 Å². The number of carbonyl (C=O) groups excluding carboxylic acids is 2. The summed E-state index contributed by atoms with van der Waals surface area (Å²) < 4.78 is 4.67. The number of hydrazine groups is 1. The van der Waals surface area contributed by atoms with E-state index in [1.165, 1.54) is 6.07 Å². The van der Waals surface area contributed by atoms with Crippen molar-refractivity contribution in [2.75, 3.05) is 0 Å². The standard InChI is InChI=1S/C7H7N5O5/c8-11-7(14)10-6(13)9-3-4-1-2-5(17-4)12(15)16/h1-3H,8H2,(H2,10,11,13,14). The monoisotopic (exact) mass is 241 g/mol. The Bertz CT molecular complexity index is 479. The number of imide groups is 1. The van der Waals surface area contributed by atoms with Gasteiger partial charge in [-0.1, -0.05) is 0 Å². The van der Waals surface area contributed by atoms with Gasteiger partial charge in [-0.2, -0.15) is 4.99 Å². The van der Waals surface area contributed by atoms with Crippen molar-refractivity contribution in [2.24, 2.45) is 10.8 Å². The molecule has 0 radical (unpaired) electrons. The summed E-state index contributed by atoms with van der Waals surface area (Å²) in [6, 6.07) is 0.425. The summed E-state index contributed by atoms with van der Waals surface area (Å²) in [4.78, 5) is 34.3. The molecule has 90 valence electrons. The van der Waals surface area contributed by atoms with Crippen LogP contribution in [0.15, 0.2) is 21.5 Å². The van der Waals surface area contributed by atoms with E-state index in [1.807, 2.05) is 0 Å². The van der Waals surface area contributed by atoms with Crippen molar-refractivity contribution >= 4 is 24.2 Å². The summed E-state index contributed by atoms with van der Waals surface area (Å²) in [6.07, 6.45) is 0.923. The number of hydrogen-bond acceptors (Lipinski definition) is 6. The van der Waals surface area contributed by atoms with Gasteiger partial charge in [0, 0.05) is 0 Å². The summed E-state index contributed by atoms with van der Waals surface area (Å²) >= 11 is 0. The number of nitrogens with one attached hydrogen (secondary N) is 2. The van der Waals surface area contributed by atoms with Crippen molar-refractivity contribution in [3.63, 3.8) is 0 Å². The summed E-state index contributed by atoms with van der Waals surface area (Å²) in [5.41, 5.74) is 1.66. The molecule has 0 unspecified atom stereocenters. The minimum Gasteiger partial charge on any atom is -0.400 e. The molecule has 0 aliphatic rings. The van der Waals surface area contributed by atoms with Gasteiger partial charge in [-0.3, -0.25) is 20.9 Å². The Kier molecular flexibility index (Phi) is 3.89. The smallest absolute Gasteiger partial charge is 0.400 e. The number of rotatable bonds is 2. The zero-order valence-electron chi connectivity index (χ0n) is 8.25. The van der Waals surface area contributed by atoms with Gasteiger partial charge in [0.2, 0.25) is 0 Å². The molecule has 0 saturated carbocycles. The second kappa shape index (κ2) is 5.37. The normalized spacial score (nSPS) is 10.2. The first-order chi connectivity index (χ1) is 8.02. The highest BCUT2D eigenvalue weighted by atomic mass is 16.6. The molecule has 4 amide bonds. The SMILES string of the molecule is NNC(=O)NC(=O)N=Cc1ccc([N+](=O)[O-])o1. The maximum absolute atomic E-state index is 10.9. The van der Waals surface area contributed by atoms with Crippen LogP contribution < -0.4 is 16.6 Å². The first-order valence-corrected chi connectivity index (χ1v) is 4.13. The number of urea groups is 2. The lowest BCUT2D eigenvalue weighted by atomic mass is 10.5. The van der Waals surface area contributed by atoms with Crippen LogP contribution in [0.2, 0.25) is 0 Å². The molecule has 0 bridgehead atoms. The molecule has 0 aromatic carbocycles. The quantitative estimate of drug-likeness (QED) is 0.216. The molecule has 0 aliphatic heterocycles. The van der Waals surface area contributed by atoms with Gasteiger partial charge in [-0.25, -0.2) is 15.4 Å². The van der Waals surface area contributed by atoms with E-state index in [1.54, 1.807) is 10.7 Å². The van der Waals surface area contributed by atoms with Crippen LogP contribution >= 0.6 is 0 Å². The molecular weight excluding hydrogens is 234 g/mol. The van der Waals surface area contributed by atoms with Crippen molar-refractivity contribution < 1.29 is 18.9 Å². The molecule has 0 fully saturated rings. The Hall–Kier alpha value is -2.75. The van der Waals surface area contributed by atoms with E-state index in [2.05, 4.69) is 9.41 Å². The van der Waals surface area contributed by atoms with E-state index >= 15 is 0 Å². The number of nitrogens with zero attached hydrogens (tertiary/aromatic N) is 2. The zero-order valence-corrected chi connectivity index (χ0v) is 8.25. The van der Waals surface area contributed by atoms with Crippen LogP contribution in [0.25, 0.3) is 0 Å². The number of hydrogen-bond donors (Lipinski definition) is 3. The first kappa shape index (κ1) is 12.3. The molecule has 4 N–H and O–H groups in total. The van der Waals surface area contributed by atoms with Crippen LogP contribution in [0.3, 0.4) is 0 Å². The minimum atomic E-state index is -0.994. The molecule has 1 heterocycles. The van der Waals surface area contributed by atoms with Crippen molar-refractivity contribution in [3.05, 3.63) is 28.0 Å². The summed E-state index contributed by atoms with van der Waals surface area (Å²) in [7, 11) is 0. The van der Waals surface area contributed by atoms with Gasteiger partial charge < -0.3 is 4.42 Å². The van der Waals surface area contributed by atoms with E-state index in [9.17, 15) is 19.7 Å². The average Bonchev–Trinajstić information content (AvgIpc) is 2.75. The molecular formula is C7H7N5O5. The van der Waals surface area contributed by atoms with Crippen LogP contribution in [-0.2, 0) is 0 Å². The van der Waals surface area contributed by atoms with Crippen LogP contribution in [0.5, 0.6) is 0 Å². The topological polar surface area (TPSA) is 153 Å². The Morgan fingerprint density at radius 3 is 2.76 bits per heavy atom. The lowest BCUT2D eigenvalue weighted by Crippen LogP contribution is -2.41. The van der Waals surface area contributed by atoms with Crippen LogP contribution in [0.4, 0.5) is 15.5 Å². The Balaban J connectivity index is 2.61. The van der Waals surface area contributed by atoms with E-state index in [4.69, 9.17) is 5.84 Å². The zero-order chi connectivity index (χ0) is 12.8. The highest BCUT2D eigenvalue weighted by Crippen LogP contribution is 2.13. The fourth-order valence-electron chi connectivity index (χ4n) is 0.797. The molecule has 1 aromatic rings. The van der Waals surface area contributed by atoms with Crippen LogP contribution in [0.1, 0.15) is 5.76 Å². The highest BCUT2D eigenvalue weighted by molar-refractivity contribution is 5.98. The fourth-order valence-corrected chi connectivity index (χ4v) is 0.797. The molecule has 1 rings (SSSR count). The largest absolute Gasteiger partial charge is 0.433 e. The Morgan fingerprint density at radius 2 is 2.24 bits per heavy atom. The fraction of sp³-hybridized carbons (Fsp3) is 0. The minimum absolute atomic E-state index is 0.00000614. The van der Waals surface area contributed by atoms with E-state index < -0.39 is 22.9 Å². The van der Waals surface area contributed by atoms with E-state index in [0.29, 0.717) is 0 Å². The predicted molar refractivity (Wildman–Crippen MR) is 54.2 cm³/mol. The van der Waals surface area contributed by atoms with E-state index in [-0.39, 0.29) is 5.76 Å². The molecule has 0 spiro atoms. The second-order valence-corrected chi connectivity index (χ2v) is 2.59. The third-order valence-electron chi connectivity index (χ3n) is 1.45. The van der Waals surface area contributed by atoms with E-state index in [0.717, 1.165) is 12.3 Å². The van der Waals surface area contributed by atoms with Crippen LogP contribution in [0, 0.1) is 10.1 Å². The molecule has 17 heavy (non-hydrogen) atoms. The predicted octanol–water partition coefficient (Wildman–Crippen LogP) is -0.100. The lowest BCUT2D eigenvalue weighted by Gasteiger charge is -1.96. The van der Waals surface area contributed by atoms with Crippen molar-refractivity contribution in [2.45, 2.75) is 0 Å². The summed E-state index contributed by atoms with van der Waals surface area (Å²) in [5.74, 6) is 4.22. The maximum Gasteiger partial charge on any atom is 0.433 e. The number of amides is 4. The molecule has 0 atom stereocenters. The summed E-state index contributed by atoms with van der Waals surface area (Å²) in [5, 5.41) is 12.0. The molecule has 0 saturated heterocycles. The van der Waals surface area contributed by atoms with Gasteiger partial charge >= 0.3 is 17.9 Å². The van der Waals surface area contributed by atoms with Crippen molar-refractivity contribution in [3.8, 4) is 0 Å². The van der Waals surface area contributed by atoms with Crippen LogP contribution in [-0.4, -0.2) is 23.2 Å². The number of carbonyl (C=O) groups is 2. The first-order valence-electron chi connectivity index (χ1n) is 4.13. The number of nitrogens with two attached hydrogens (primary N) is 1. The van der Waals surface area contributed by atoms with Gasteiger partial charge in [0.1, 0.15) is 4.92 Å². The molecule has 10 nitrogen and oxygen atoms in total. The van der Waals surface area contributed by atoms with Gasteiger partial charge in [0.25, 0.3) is 0 Å². The van der Waals surface area contributed by atoms with Crippen molar-refractivity contribution in [1.29, 1.82) is 0 Å². The second-order valence-electron chi connectivity index (χ2n) is 2.59. The van der Waals surface area contributed by atoms with Gasteiger partial charge in [0.05, 0.1) is 12.3 Å². The Labute approximate surface area is 93.6 Å². The highest BCUT2D eigenvalue weighted by Gasteiger charge is 2.10. The van der Waals surface area contributed by atoms with Gasteiger partial charge in [-0.05, 0) is 6.07 Å². The number of furan rings is 1. The molecule has 1 aromatic heterocycles. The van der Waals surface area contributed by atoms with Gasteiger partial charge in [-0.15, -0.1) is 0 Å². The Morgan fingerprint density at radius 1 is 1.53 bits per heavy atom. The average molecular weight is 241 g/mol. The lowest BCUT2D eigenvalue weighted by molar-refractivity contribution is -0.402. The molecule has 10 heteroatoms. The molecule has 0 aliphatic carbocycles.